The van der Waals surface area contributed by atoms with E-state index in [0.29, 0.717) is 12.1 Å². The molecule has 0 bridgehead atoms. The Morgan fingerprint density at radius 1 is 1.00 bits per heavy atom. The third-order valence-corrected chi connectivity index (χ3v) is 3.06. The molecule has 0 amide bonds. The van der Waals surface area contributed by atoms with Crippen molar-refractivity contribution in [1.29, 1.82) is 0 Å². The van der Waals surface area contributed by atoms with E-state index in [2.05, 4.69) is 0 Å². The van der Waals surface area contributed by atoms with E-state index in [9.17, 15) is 28.5 Å². The molecule has 118 valence electrons. The van der Waals surface area contributed by atoms with E-state index in [1.807, 2.05) is 0 Å². The van der Waals surface area contributed by atoms with Crippen LogP contribution in [0.5, 0.6) is 5.75 Å². The molecule has 4 N–H and O–H groups in total. The van der Waals surface area contributed by atoms with Gasteiger partial charge in [-0.1, -0.05) is 0 Å². The monoisotopic (exact) mass is 310 g/mol. The lowest BCUT2D eigenvalue weighted by Crippen LogP contribution is -2.60. The molecule has 0 spiro atoms. The van der Waals surface area contributed by atoms with Gasteiger partial charge in [0.2, 0.25) is 6.29 Å². The molecule has 0 radical (unpaired) electrons. The first-order valence-electron chi connectivity index (χ1n) is 5.97. The van der Waals surface area contributed by atoms with Crippen molar-refractivity contribution >= 4 is 0 Å². The summed E-state index contributed by atoms with van der Waals surface area (Å²) in [5.41, 5.74) is 0. The Morgan fingerprint density at radius 3 is 2.10 bits per heavy atom. The quantitative estimate of drug-likeness (QED) is 0.550. The number of rotatable bonds is 3. The SMILES string of the molecule is OCC1OC(Oc2cc(F)c(F)c(F)c2)C(O)C(O)C1O. The molecule has 0 saturated carbocycles. The molecule has 6 nitrogen and oxygen atoms in total. The third-order valence-electron chi connectivity index (χ3n) is 3.06. The van der Waals surface area contributed by atoms with Crippen molar-refractivity contribution in [3.63, 3.8) is 0 Å². The van der Waals surface area contributed by atoms with Crippen molar-refractivity contribution in [2.45, 2.75) is 30.7 Å². The van der Waals surface area contributed by atoms with Gasteiger partial charge in [-0.25, -0.2) is 13.2 Å². The first kappa shape index (κ1) is 16.0. The predicted octanol–water partition coefficient (Wildman–Crippen LogP) is -0.717. The van der Waals surface area contributed by atoms with Gasteiger partial charge in [-0.15, -0.1) is 0 Å². The largest absolute Gasteiger partial charge is 0.462 e. The van der Waals surface area contributed by atoms with E-state index in [1.165, 1.54) is 0 Å². The molecule has 1 aromatic carbocycles. The number of aliphatic hydroxyl groups is 4. The molecule has 1 heterocycles. The van der Waals surface area contributed by atoms with E-state index >= 15 is 0 Å². The highest BCUT2D eigenvalue weighted by atomic mass is 19.2. The molecule has 1 fully saturated rings. The fourth-order valence-corrected chi connectivity index (χ4v) is 1.90. The van der Waals surface area contributed by atoms with Crippen LogP contribution in [0.1, 0.15) is 0 Å². The molecule has 21 heavy (non-hydrogen) atoms. The smallest absolute Gasteiger partial charge is 0.229 e. The summed E-state index contributed by atoms with van der Waals surface area (Å²) in [5.74, 6) is -5.18. The maximum atomic E-state index is 13.0. The second kappa shape index (κ2) is 6.16. The van der Waals surface area contributed by atoms with Gasteiger partial charge in [0.1, 0.15) is 30.2 Å². The Morgan fingerprint density at radius 2 is 1.57 bits per heavy atom. The number of benzene rings is 1. The Kier molecular flexibility index (Phi) is 4.69. The lowest BCUT2D eigenvalue weighted by Gasteiger charge is -2.39. The zero-order chi connectivity index (χ0) is 15.7. The highest BCUT2D eigenvalue weighted by molar-refractivity contribution is 5.25. The van der Waals surface area contributed by atoms with E-state index < -0.39 is 60.5 Å². The van der Waals surface area contributed by atoms with Crippen molar-refractivity contribution in [3.8, 4) is 5.75 Å². The minimum absolute atomic E-state index is 0.490. The van der Waals surface area contributed by atoms with Gasteiger partial charge in [0.25, 0.3) is 0 Å². The summed E-state index contributed by atoms with van der Waals surface area (Å²) >= 11 is 0. The number of halogens is 3. The first-order chi connectivity index (χ1) is 9.85. The van der Waals surface area contributed by atoms with Gasteiger partial charge < -0.3 is 29.9 Å². The molecular weight excluding hydrogens is 297 g/mol. The molecule has 1 aromatic rings. The van der Waals surface area contributed by atoms with Crippen molar-refractivity contribution in [2.24, 2.45) is 0 Å². The average molecular weight is 310 g/mol. The van der Waals surface area contributed by atoms with Crippen LogP contribution >= 0.6 is 0 Å². The fraction of sp³-hybridized carbons (Fsp3) is 0.500. The molecule has 5 atom stereocenters. The molecule has 0 aliphatic carbocycles. The van der Waals surface area contributed by atoms with Gasteiger partial charge in [-0.05, 0) is 0 Å². The van der Waals surface area contributed by atoms with Crippen LogP contribution in [0, 0.1) is 17.5 Å². The first-order valence-corrected chi connectivity index (χ1v) is 5.97. The molecule has 1 saturated heterocycles. The van der Waals surface area contributed by atoms with Crippen LogP contribution in [0.15, 0.2) is 12.1 Å². The lowest BCUT2D eigenvalue weighted by atomic mass is 9.99. The van der Waals surface area contributed by atoms with Crippen molar-refractivity contribution in [2.75, 3.05) is 6.61 Å². The van der Waals surface area contributed by atoms with Crippen molar-refractivity contribution in [1.82, 2.24) is 0 Å². The maximum Gasteiger partial charge on any atom is 0.229 e. The molecule has 0 aromatic heterocycles. The summed E-state index contributed by atoms with van der Waals surface area (Å²) in [6.07, 6.45) is -7.87. The summed E-state index contributed by atoms with van der Waals surface area (Å²) in [4.78, 5) is 0. The molecule has 5 unspecified atom stereocenters. The summed E-state index contributed by atoms with van der Waals surface area (Å²) < 4.78 is 48.8. The number of hydrogen-bond donors (Lipinski definition) is 4. The number of hydrogen-bond acceptors (Lipinski definition) is 6. The summed E-state index contributed by atoms with van der Waals surface area (Å²) in [5, 5.41) is 37.7. The van der Waals surface area contributed by atoms with Gasteiger partial charge in [-0.2, -0.15) is 0 Å². The standard InChI is InChI=1S/C12H13F3O6/c13-5-1-4(2-6(14)8(5)15)20-12-11(19)10(18)9(17)7(3-16)21-12/h1-2,7,9-12,16-19H,3H2. The minimum Gasteiger partial charge on any atom is -0.462 e. The van der Waals surface area contributed by atoms with Crippen LogP contribution in [-0.4, -0.2) is 57.7 Å². The van der Waals surface area contributed by atoms with E-state index in [1.54, 1.807) is 0 Å². The van der Waals surface area contributed by atoms with Crippen LogP contribution in [0.3, 0.4) is 0 Å². The molecule has 9 heteroatoms. The molecule has 2 rings (SSSR count). The van der Waals surface area contributed by atoms with E-state index in [-0.39, 0.29) is 0 Å². The Bertz CT molecular complexity index is 489. The summed E-state index contributed by atoms with van der Waals surface area (Å²) in [7, 11) is 0. The molecular formula is C12H13F3O6. The van der Waals surface area contributed by atoms with Gasteiger partial charge in [0.15, 0.2) is 17.5 Å². The van der Waals surface area contributed by atoms with Crippen LogP contribution in [0.4, 0.5) is 13.2 Å². The van der Waals surface area contributed by atoms with Crippen LogP contribution < -0.4 is 4.74 Å². The molecule has 1 aliphatic heterocycles. The predicted molar refractivity (Wildman–Crippen MR) is 60.7 cm³/mol. The normalized spacial score (nSPS) is 33.0. The zero-order valence-electron chi connectivity index (χ0n) is 10.5. The zero-order valence-corrected chi connectivity index (χ0v) is 10.5. The lowest BCUT2D eigenvalue weighted by molar-refractivity contribution is -0.277. The maximum absolute atomic E-state index is 13.0. The van der Waals surface area contributed by atoms with Gasteiger partial charge in [-0.3, -0.25) is 0 Å². The second-order valence-electron chi connectivity index (χ2n) is 4.52. The molecule has 1 aliphatic rings. The van der Waals surface area contributed by atoms with Crippen molar-refractivity contribution < 1.29 is 43.1 Å². The summed E-state index contributed by atoms with van der Waals surface area (Å²) in [6.45, 7) is -0.684. The van der Waals surface area contributed by atoms with E-state index in [0.717, 1.165) is 0 Å². The van der Waals surface area contributed by atoms with Crippen LogP contribution in [0.2, 0.25) is 0 Å². The Hall–Kier alpha value is -1.39. The Labute approximate surface area is 117 Å². The highest BCUT2D eigenvalue weighted by Gasteiger charge is 2.44. The third kappa shape index (κ3) is 3.11. The summed E-state index contributed by atoms with van der Waals surface area (Å²) in [6, 6.07) is 1.06. The number of ether oxygens (including phenoxy) is 2. The minimum atomic E-state index is -1.74. The topological polar surface area (TPSA) is 99.4 Å². The Balaban J connectivity index is 2.18. The van der Waals surface area contributed by atoms with Gasteiger partial charge in [0.05, 0.1) is 6.61 Å². The van der Waals surface area contributed by atoms with Gasteiger partial charge in [0, 0.05) is 12.1 Å². The number of aliphatic hydroxyl groups excluding tert-OH is 4. The van der Waals surface area contributed by atoms with Gasteiger partial charge >= 0.3 is 0 Å². The van der Waals surface area contributed by atoms with Crippen LogP contribution in [-0.2, 0) is 4.74 Å². The van der Waals surface area contributed by atoms with Crippen molar-refractivity contribution in [3.05, 3.63) is 29.6 Å². The highest BCUT2D eigenvalue weighted by Crippen LogP contribution is 2.26. The average Bonchev–Trinajstić information content (AvgIpc) is 2.45. The van der Waals surface area contributed by atoms with E-state index in [4.69, 9.17) is 14.6 Å². The fourth-order valence-electron chi connectivity index (χ4n) is 1.90. The van der Waals surface area contributed by atoms with Crippen LogP contribution in [0.25, 0.3) is 0 Å². The second-order valence-corrected chi connectivity index (χ2v) is 4.52.